The molecule has 1 N–H and O–H groups in total. The van der Waals surface area contributed by atoms with Crippen LogP contribution in [0.15, 0.2) is 82.7 Å². The summed E-state index contributed by atoms with van der Waals surface area (Å²) >= 11 is 1.55. The van der Waals surface area contributed by atoms with Crippen LogP contribution >= 0.6 is 11.8 Å². The average molecular weight is 498 g/mol. The molecule has 36 heavy (non-hydrogen) atoms. The second-order valence-corrected chi connectivity index (χ2v) is 10.1. The van der Waals surface area contributed by atoms with Gasteiger partial charge in [0.1, 0.15) is 0 Å². The fourth-order valence-electron chi connectivity index (χ4n) is 4.10. The van der Waals surface area contributed by atoms with Crippen LogP contribution < -0.4 is 10.9 Å². The first-order valence-electron chi connectivity index (χ1n) is 11.9. The van der Waals surface area contributed by atoms with Gasteiger partial charge in [-0.25, -0.2) is 0 Å². The highest BCUT2D eigenvalue weighted by molar-refractivity contribution is 7.98. The van der Waals surface area contributed by atoms with E-state index in [4.69, 9.17) is 0 Å². The predicted molar refractivity (Wildman–Crippen MR) is 144 cm³/mol. The number of benzene rings is 3. The Kier molecular flexibility index (Phi) is 6.61. The standard InChI is InChI=1S/C28H27N5O2S/c1-18(2)29-25(34)22-13-14-23-24(15-22)33-27(32(26(23)35)16-20-7-5-4-6-8-20)30-31-28(33)36-17-21-11-9-19(3)10-12-21/h4-15,18H,16-17H2,1-3H3,(H,29,34). The molecule has 1 amide bonds. The molecule has 7 nitrogen and oxygen atoms in total. The van der Waals surface area contributed by atoms with E-state index in [0.29, 0.717) is 39.7 Å². The van der Waals surface area contributed by atoms with Gasteiger partial charge < -0.3 is 5.32 Å². The van der Waals surface area contributed by atoms with Gasteiger partial charge in [0, 0.05) is 17.4 Å². The lowest BCUT2D eigenvalue weighted by atomic mass is 10.1. The number of hydrogen-bond donors (Lipinski definition) is 1. The summed E-state index contributed by atoms with van der Waals surface area (Å²) in [5.41, 5.74) is 4.30. The summed E-state index contributed by atoms with van der Waals surface area (Å²) < 4.78 is 3.54. The van der Waals surface area contributed by atoms with Gasteiger partial charge in [0.15, 0.2) is 5.16 Å². The molecule has 0 atom stereocenters. The number of carbonyl (C=O) groups excluding carboxylic acids is 1. The number of nitrogens with one attached hydrogen (secondary N) is 1. The third kappa shape index (κ3) is 4.77. The van der Waals surface area contributed by atoms with Crippen LogP contribution in [0.4, 0.5) is 0 Å². The normalized spacial score (nSPS) is 11.4. The van der Waals surface area contributed by atoms with Crippen molar-refractivity contribution in [2.75, 3.05) is 0 Å². The summed E-state index contributed by atoms with van der Waals surface area (Å²) in [6, 6.07) is 23.4. The van der Waals surface area contributed by atoms with Crippen molar-refractivity contribution in [3.63, 3.8) is 0 Å². The van der Waals surface area contributed by atoms with Gasteiger partial charge in [-0.2, -0.15) is 0 Å². The Balaban J connectivity index is 1.66. The van der Waals surface area contributed by atoms with Crippen LogP contribution in [0.5, 0.6) is 0 Å². The van der Waals surface area contributed by atoms with Gasteiger partial charge in [0.2, 0.25) is 5.78 Å². The van der Waals surface area contributed by atoms with Gasteiger partial charge in [-0.1, -0.05) is 71.9 Å². The van der Waals surface area contributed by atoms with Crippen molar-refractivity contribution in [1.29, 1.82) is 0 Å². The van der Waals surface area contributed by atoms with Crippen LogP contribution in [0, 0.1) is 6.92 Å². The summed E-state index contributed by atoms with van der Waals surface area (Å²) in [6.07, 6.45) is 0. The number of carbonyl (C=O) groups is 1. The topological polar surface area (TPSA) is 81.3 Å². The van der Waals surface area contributed by atoms with E-state index in [1.54, 1.807) is 34.5 Å². The van der Waals surface area contributed by atoms with Crippen LogP contribution in [0.2, 0.25) is 0 Å². The highest BCUT2D eigenvalue weighted by Crippen LogP contribution is 2.26. The first-order valence-corrected chi connectivity index (χ1v) is 12.8. The summed E-state index contributed by atoms with van der Waals surface area (Å²) in [4.78, 5) is 26.3. The van der Waals surface area contributed by atoms with Crippen molar-refractivity contribution >= 4 is 34.3 Å². The van der Waals surface area contributed by atoms with Gasteiger partial charge in [-0.3, -0.25) is 18.6 Å². The second-order valence-electron chi connectivity index (χ2n) is 9.13. The monoisotopic (exact) mass is 497 g/mol. The van der Waals surface area contributed by atoms with E-state index in [9.17, 15) is 9.59 Å². The quantitative estimate of drug-likeness (QED) is 0.326. The number of amides is 1. The highest BCUT2D eigenvalue weighted by atomic mass is 32.2. The molecule has 5 aromatic rings. The molecule has 0 aliphatic rings. The van der Waals surface area contributed by atoms with Gasteiger partial charge in [0.05, 0.1) is 17.4 Å². The molecular weight excluding hydrogens is 470 g/mol. The Morgan fingerprint density at radius 2 is 1.72 bits per heavy atom. The summed E-state index contributed by atoms with van der Waals surface area (Å²) in [5, 5.41) is 13.0. The molecular formula is C28H27N5O2S. The van der Waals surface area contributed by atoms with Crippen LogP contribution in [-0.4, -0.2) is 31.1 Å². The summed E-state index contributed by atoms with van der Waals surface area (Å²) in [7, 11) is 0. The van der Waals surface area contributed by atoms with Crippen LogP contribution in [0.1, 0.15) is 40.9 Å². The maximum atomic E-state index is 13.6. The molecule has 182 valence electrons. The minimum Gasteiger partial charge on any atom is -0.350 e. The van der Waals surface area contributed by atoms with Crippen molar-refractivity contribution in [1.82, 2.24) is 24.5 Å². The van der Waals surface area contributed by atoms with E-state index >= 15 is 0 Å². The Morgan fingerprint density at radius 3 is 2.44 bits per heavy atom. The molecule has 0 bridgehead atoms. The molecule has 2 heterocycles. The van der Waals surface area contributed by atoms with Crippen molar-refractivity contribution in [2.45, 2.75) is 44.3 Å². The molecule has 0 saturated carbocycles. The van der Waals surface area contributed by atoms with E-state index in [-0.39, 0.29) is 17.5 Å². The zero-order chi connectivity index (χ0) is 25.2. The molecule has 0 radical (unpaired) electrons. The number of thioether (sulfide) groups is 1. The number of aryl methyl sites for hydroxylation is 1. The molecule has 2 aromatic heterocycles. The Morgan fingerprint density at radius 1 is 0.972 bits per heavy atom. The van der Waals surface area contributed by atoms with Crippen molar-refractivity contribution in [3.8, 4) is 0 Å². The van der Waals surface area contributed by atoms with Crippen LogP contribution in [0.3, 0.4) is 0 Å². The molecule has 0 saturated heterocycles. The largest absolute Gasteiger partial charge is 0.350 e. The van der Waals surface area contributed by atoms with Gasteiger partial charge in [-0.05, 0) is 50.1 Å². The summed E-state index contributed by atoms with van der Waals surface area (Å²) in [6.45, 7) is 6.27. The lowest BCUT2D eigenvalue weighted by Crippen LogP contribution is -2.30. The first kappa shape index (κ1) is 23.8. The highest BCUT2D eigenvalue weighted by Gasteiger charge is 2.19. The predicted octanol–water partition coefficient (Wildman–Crippen LogP) is 4.83. The maximum absolute atomic E-state index is 13.6. The van der Waals surface area contributed by atoms with Crippen LogP contribution in [-0.2, 0) is 12.3 Å². The third-order valence-electron chi connectivity index (χ3n) is 5.93. The van der Waals surface area contributed by atoms with Crippen molar-refractivity contribution < 1.29 is 4.79 Å². The number of nitrogens with zero attached hydrogens (tertiary/aromatic N) is 4. The average Bonchev–Trinajstić information content (AvgIpc) is 3.30. The molecule has 0 aliphatic heterocycles. The molecule has 8 heteroatoms. The van der Waals surface area contributed by atoms with Crippen LogP contribution in [0.25, 0.3) is 16.7 Å². The minimum absolute atomic E-state index is 0.00243. The lowest BCUT2D eigenvalue weighted by molar-refractivity contribution is 0.0943. The van der Waals surface area contributed by atoms with Crippen molar-refractivity contribution in [2.24, 2.45) is 0 Å². The van der Waals surface area contributed by atoms with Gasteiger partial charge in [0.25, 0.3) is 11.5 Å². The number of fused-ring (bicyclic) bond motifs is 3. The van der Waals surface area contributed by atoms with Gasteiger partial charge in [-0.15, -0.1) is 10.2 Å². The SMILES string of the molecule is Cc1ccc(CSc2nnc3n(Cc4ccccc4)c(=O)c4ccc(C(=O)NC(C)C)cc4n23)cc1. The minimum atomic E-state index is -0.185. The number of hydrogen-bond acceptors (Lipinski definition) is 5. The third-order valence-corrected chi connectivity index (χ3v) is 6.93. The zero-order valence-corrected chi connectivity index (χ0v) is 21.2. The molecule has 0 aliphatic carbocycles. The first-order chi connectivity index (χ1) is 17.4. The molecule has 0 unspecified atom stereocenters. The van der Waals surface area contributed by atoms with E-state index in [2.05, 4.69) is 46.7 Å². The lowest BCUT2D eigenvalue weighted by Gasteiger charge is -2.13. The Hall–Kier alpha value is -3.91. The Labute approximate surface area is 213 Å². The number of aromatic nitrogens is 4. The fraction of sp³-hybridized carbons (Fsp3) is 0.214. The molecule has 5 rings (SSSR count). The smallest absolute Gasteiger partial charge is 0.263 e. The second kappa shape index (κ2) is 9.99. The zero-order valence-electron chi connectivity index (χ0n) is 20.4. The fourth-order valence-corrected chi connectivity index (χ4v) is 5.00. The molecule has 0 spiro atoms. The van der Waals surface area contributed by atoms with Gasteiger partial charge >= 0.3 is 0 Å². The summed E-state index contributed by atoms with van der Waals surface area (Å²) in [5.74, 6) is 0.966. The number of rotatable bonds is 7. The van der Waals surface area contributed by atoms with Crippen molar-refractivity contribution in [3.05, 3.63) is 105 Å². The van der Waals surface area contributed by atoms with E-state index in [1.165, 1.54) is 11.1 Å². The molecule has 3 aromatic carbocycles. The Bertz CT molecular complexity index is 1610. The van der Waals surface area contributed by atoms with E-state index < -0.39 is 0 Å². The van der Waals surface area contributed by atoms with E-state index in [0.717, 1.165) is 5.56 Å². The van der Waals surface area contributed by atoms with E-state index in [1.807, 2.05) is 48.6 Å². The molecule has 0 fully saturated rings. The maximum Gasteiger partial charge on any atom is 0.263 e.